The average molecular weight is 324 g/mol. The number of hydrogen-bond acceptors (Lipinski definition) is 2. The molecule has 0 aromatic heterocycles. The average Bonchev–Trinajstić information content (AvgIpc) is 2.90. The fourth-order valence-electron chi connectivity index (χ4n) is 1.31. The van der Waals surface area contributed by atoms with Gasteiger partial charge in [-0.05, 0) is 0 Å². The summed E-state index contributed by atoms with van der Waals surface area (Å²) in [7, 11) is 0. The Labute approximate surface area is 104 Å². The minimum Gasteiger partial charge on any atom is -0.371 e. The Morgan fingerprint density at radius 2 is 1.30 bits per heavy atom. The Balaban J connectivity index is 3.16. The van der Waals surface area contributed by atoms with Crippen molar-refractivity contribution in [3.05, 3.63) is 0 Å². The molecule has 0 saturated carbocycles. The zero-order valence-electron chi connectivity index (χ0n) is 9.17. The van der Waals surface area contributed by atoms with Crippen LogP contribution < -0.4 is 0 Å². The molecule has 2 unspecified atom stereocenters. The molecule has 0 aliphatic carbocycles. The van der Waals surface area contributed by atoms with E-state index in [4.69, 9.17) is 0 Å². The lowest BCUT2D eigenvalue weighted by Crippen LogP contribution is -2.60. The number of ether oxygens (including phenoxy) is 2. The van der Waals surface area contributed by atoms with E-state index >= 15 is 0 Å². The lowest BCUT2D eigenvalue weighted by molar-refractivity contribution is -0.429. The molecular formula is C8H6F10O2. The molecule has 1 saturated heterocycles. The molecule has 0 amide bonds. The van der Waals surface area contributed by atoms with Crippen LogP contribution in [0.25, 0.3) is 0 Å². The van der Waals surface area contributed by atoms with Crippen LogP contribution in [0.5, 0.6) is 0 Å². The minimum atomic E-state index is -6.53. The molecular weight excluding hydrogens is 318 g/mol. The van der Waals surface area contributed by atoms with E-state index in [2.05, 4.69) is 9.47 Å². The van der Waals surface area contributed by atoms with Crippen molar-refractivity contribution < 1.29 is 53.4 Å². The lowest BCUT2D eigenvalue weighted by atomic mass is 9.97. The highest BCUT2D eigenvalue weighted by Gasteiger charge is 2.78. The quantitative estimate of drug-likeness (QED) is 0.584. The van der Waals surface area contributed by atoms with Gasteiger partial charge in [0.1, 0.15) is 6.10 Å². The highest BCUT2D eigenvalue weighted by atomic mass is 19.4. The van der Waals surface area contributed by atoms with Crippen LogP contribution in [-0.4, -0.2) is 43.7 Å². The van der Waals surface area contributed by atoms with Gasteiger partial charge in [0.15, 0.2) is 0 Å². The number of alkyl halides is 10. The summed E-state index contributed by atoms with van der Waals surface area (Å²) in [6.45, 7) is -1.62. The van der Waals surface area contributed by atoms with E-state index in [0.717, 1.165) is 0 Å². The molecule has 1 fully saturated rings. The standard InChI is InChI=1S/C8H6F10O2/c9-5(8(16,17)18,20-2-3-1-19-3)4(6(10,11)12)7(13,14)15/h3-4H,1-2H2. The van der Waals surface area contributed by atoms with Gasteiger partial charge in [0.05, 0.1) is 13.2 Å². The molecule has 20 heavy (non-hydrogen) atoms. The first-order valence-corrected chi connectivity index (χ1v) is 4.84. The van der Waals surface area contributed by atoms with Crippen LogP contribution in [0.1, 0.15) is 0 Å². The number of epoxide rings is 1. The number of halogens is 10. The van der Waals surface area contributed by atoms with Crippen molar-refractivity contribution in [1.82, 2.24) is 0 Å². The van der Waals surface area contributed by atoms with Gasteiger partial charge in [-0.3, -0.25) is 0 Å². The highest BCUT2D eigenvalue weighted by Crippen LogP contribution is 2.54. The summed E-state index contributed by atoms with van der Waals surface area (Å²) < 4.78 is 131. The van der Waals surface area contributed by atoms with Gasteiger partial charge in [0.25, 0.3) is 0 Å². The summed E-state index contributed by atoms with van der Waals surface area (Å²) in [4.78, 5) is 0. The summed E-state index contributed by atoms with van der Waals surface area (Å²) in [5, 5.41) is 0. The van der Waals surface area contributed by atoms with Gasteiger partial charge < -0.3 is 9.47 Å². The molecule has 2 atom stereocenters. The zero-order valence-corrected chi connectivity index (χ0v) is 9.17. The second-order valence-electron chi connectivity index (χ2n) is 3.93. The highest BCUT2D eigenvalue weighted by molar-refractivity contribution is 4.94. The molecule has 0 spiro atoms. The molecule has 1 aliphatic rings. The van der Waals surface area contributed by atoms with Crippen molar-refractivity contribution in [1.29, 1.82) is 0 Å². The summed E-state index contributed by atoms with van der Waals surface area (Å²) in [5.74, 6) is -11.3. The summed E-state index contributed by atoms with van der Waals surface area (Å²) in [5.41, 5.74) is 0. The van der Waals surface area contributed by atoms with Crippen LogP contribution in [0.4, 0.5) is 43.9 Å². The van der Waals surface area contributed by atoms with E-state index in [1.165, 1.54) is 0 Å². The van der Waals surface area contributed by atoms with Gasteiger partial charge in [-0.2, -0.15) is 39.5 Å². The van der Waals surface area contributed by atoms with Crippen LogP contribution in [0, 0.1) is 5.92 Å². The molecule has 2 nitrogen and oxygen atoms in total. The fraction of sp³-hybridized carbons (Fsp3) is 1.00. The predicted molar refractivity (Wildman–Crippen MR) is 41.2 cm³/mol. The Morgan fingerprint density at radius 3 is 1.55 bits per heavy atom. The van der Waals surface area contributed by atoms with E-state index in [1.54, 1.807) is 0 Å². The zero-order chi connectivity index (χ0) is 16.0. The van der Waals surface area contributed by atoms with Crippen LogP contribution in [0.2, 0.25) is 0 Å². The van der Waals surface area contributed by atoms with Gasteiger partial charge in [0.2, 0.25) is 5.92 Å². The summed E-state index contributed by atoms with van der Waals surface area (Å²) >= 11 is 0. The molecule has 0 aromatic carbocycles. The topological polar surface area (TPSA) is 21.8 Å². The number of rotatable bonds is 4. The molecule has 120 valence electrons. The maximum atomic E-state index is 13.5. The SMILES string of the molecule is FC(F)(F)C(C(F)(F)F)C(F)(OCC1CO1)C(F)(F)F. The molecule has 1 rings (SSSR count). The second kappa shape index (κ2) is 4.90. The third-order valence-electron chi connectivity index (χ3n) is 2.29. The van der Waals surface area contributed by atoms with Crippen molar-refractivity contribution in [2.24, 2.45) is 5.92 Å². The predicted octanol–water partition coefficient (Wildman–Crippen LogP) is 3.37. The summed E-state index contributed by atoms with van der Waals surface area (Å²) in [6.07, 6.45) is -20.8. The first-order valence-electron chi connectivity index (χ1n) is 4.84. The summed E-state index contributed by atoms with van der Waals surface area (Å²) in [6, 6.07) is 0. The molecule has 0 aromatic rings. The minimum absolute atomic E-state index is 0.239. The molecule has 0 N–H and O–H groups in total. The van der Waals surface area contributed by atoms with Gasteiger partial charge in [-0.1, -0.05) is 0 Å². The van der Waals surface area contributed by atoms with Crippen molar-refractivity contribution in [2.75, 3.05) is 13.2 Å². The Bertz CT molecular complexity index is 327. The maximum Gasteiger partial charge on any atom is 0.449 e. The molecule has 0 radical (unpaired) electrons. The van der Waals surface area contributed by atoms with Crippen LogP contribution in [0.3, 0.4) is 0 Å². The van der Waals surface area contributed by atoms with Crippen LogP contribution in [-0.2, 0) is 9.47 Å². The van der Waals surface area contributed by atoms with Crippen LogP contribution in [0.15, 0.2) is 0 Å². The van der Waals surface area contributed by atoms with Gasteiger partial charge in [0, 0.05) is 0 Å². The van der Waals surface area contributed by atoms with Gasteiger partial charge in [-0.15, -0.1) is 0 Å². The van der Waals surface area contributed by atoms with Crippen molar-refractivity contribution in [2.45, 2.75) is 30.5 Å². The molecule has 12 heteroatoms. The van der Waals surface area contributed by atoms with E-state index in [0.29, 0.717) is 0 Å². The second-order valence-corrected chi connectivity index (χ2v) is 3.93. The van der Waals surface area contributed by atoms with Gasteiger partial charge >= 0.3 is 24.4 Å². The third-order valence-corrected chi connectivity index (χ3v) is 2.29. The fourth-order valence-corrected chi connectivity index (χ4v) is 1.31. The molecule has 1 aliphatic heterocycles. The smallest absolute Gasteiger partial charge is 0.371 e. The van der Waals surface area contributed by atoms with E-state index in [-0.39, 0.29) is 6.61 Å². The first-order chi connectivity index (χ1) is 8.69. The third kappa shape index (κ3) is 3.65. The van der Waals surface area contributed by atoms with Gasteiger partial charge in [-0.25, -0.2) is 4.39 Å². The van der Waals surface area contributed by atoms with Crippen molar-refractivity contribution in [3.8, 4) is 0 Å². The normalized spacial score (nSPS) is 23.9. The molecule has 1 heterocycles. The van der Waals surface area contributed by atoms with Crippen LogP contribution >= 0.6 is 0 Å². The van der Waals surface area contributed by atoms with Crippen molar-refractivity contribution in [3.63, 3.8) is 0 Å². The lowest BCUT2D eigenvalue weighted by Gasteiger charge is -2.36. The Hall–Kier alpha value is -0.780. The van der Waals surface area contributed by atoms with E-state index in [9.17, 15) is 43.9 Å². The Morgan fingerprint density at radius 1 is 0.900 bits per heavy atom. The maximum absolute atomic E-state index is 13.5. The largest absolute Gasteiger partial charge is 0.449 e. The van der Waals surface area contributed by atoms with E-state index < -0.39 is 43.0 Å². The number of hydrogen-bond donors (Lipinski definition) is 0. The first kappa shape index (κ1) is 17.3. The molecule has 0 bridgehead atoms. The van der Waals surface area contributed by atoms with E-state index in [1.807, 2.05) is 0 Å². The monoisotopic (exact) mass is 324 g/mol. The van der Waals surface area contributed by atoms with Crippen molar-refractivity contribution >= 4 is 0 Å². The Kier molecular flexibility index (Phi) is 4.23.